The minimum absolute atomic E-state index is 0.502. The highest BCUT2D eigenvalue weighted by atomic mass is 16.5. The zero-order valence-electron chi connectivity index (χ0n) is 10.6. The molecule has 0 atom stereocenters. The quantitative estimate of drug-likeness (QED) is 0.729. The molecule has 0 aromatic heterocycles. The van der Waals surface area contributed by atoms with E-state index in [1.807, 2.05) is 7.11 Å². The van der Waals surface area contributed by atoms with Crippen LogP contribution in [0.1, 0.15) is 48.3 Å². The first-order valence-electron chi connectivity index (χ1n) is 6.30. The standard InChI is InChI=1S/C15H22O/c1-11-8-12(2)10-14(9-11)13-4-6-15(16-3)7-5-13/h8-10,13,15H,4-7H2,1-3H3. The van der Waals surface area contributed by atoms with Crippen LogP contribution in [0.25, 0.3) is 0 Å². The van der Waals surface area contributed by atoms with Gasteiger partial charge in [0, 0.05) is 7.11 Å². The van der Waals surface area contributed by atoms with Crippen molar-refractivity contribution in [3.05, 3.63) is 34.9 Å². The molecule has 0 spiro atoms. The van der Waals surface area contributed by atoms with Crippen LogP contribution >= 0.6 is 0 Å². The lowest BCUT2D eigenvalue weighted by Crippen LogP contribution is -2.19. The number of benzene rings is 1. The van der Waals surface area contributed by atoms with E-state index in [4.69, 9.17) is 4.74 Å². The fourth-order valence-electron chi connectivity index (χ4n) is 2.88. The highest BCUT2D eigenvalue weighted by Crippen LogP contribution is 2.34. The summed E-state index contributed by atoms with van der Waals surface area (Å²) in [5.41, 5.74) is 4.32. The van der Waals surface area contributed by atoms with Crippen molar-refractivity contribution in [2.24, 2.45) is 0 Å². The maximum atomic E-state index is 5.42. The highest BCUT2D eigenvalue weighted by Gasteiger charge is 2.22. The third kappa shape index (κ3) is 2.65. The molecule has 0 N–H and O–H groups in total. The Labute approximate surface area is 98.8 Å². The summed E-state index contributed by atoms with van der Waals surface area (Å²) in [5.74, 6) is 0.755. The molecule has 1 aliphatic rings. The molecule has 0 unspecified atom stereocenters. The Balaban J connectivity index is 2.08. The van der Waals surface area contributed by atoms with Crippen LogP contribution in [0, 0.1) is 13.8 Å². The van der Waals surface area contributed by atoms with Crippen molar-refractivity contribution >= 4 is 0 Å². The second-order valence-electron chi connectivity index (χ2n) is 5.13. The van der Waals surface area contributed by atoms with Gasteiger partial charge < -0.3 is 4.74 Å². The molecule has 1 aliphatic carbocycles. The molecule has 1 aromatic rings. The molecule has 1 saturated carbocycles. The Morgan fingerprint density at radius 2 is 1.50 bits per heavy atom. The Morgan fingerprint density at radius 1 is 0.938 bits per heavy atom. The van der Waals surface area contributed by atoms with Gasteiger partial charge in [0.15, 0.2) is 0 Å². The fraction of sp³-hybridized carbons (Fsp3) is 0.600. The van der Waals surface area contributed by atoms with Crippen molar-refractivity contribution < 1.29 is 4.74 Å². The third-order valence-electron chi connectivity index (χ3n) is 3.72. The molecule has 16 heavy (non-hydrogen) atoms. The summed E-state index contributed by atoms with van der Waals surface area (Å²) in [6, 6.07) is 6.96. The summed E-state index contributed by atoms with van der Waals surface area (Å²) in [6.45, 7) is 4.38. The Bertz CT molecular complexity index is 328. The lowest BCUT2D eigenvalue weighted by atomic mass is 9.82. The van der Waals surface area contributed by atoms with Crippen LogP contribution in [0.4, 0.5) is 0 Å². The molecule has 0 bridgehead atoms. The van der Waals surface area contributed by atoms with Crippen molar-refractivity contribution in [2.45, 2.75) is 51.6 Å². The van der Waals surface area contributed by atoms with Crippen molar-refractivity contribution in [3.63, 3.8) is 0 Å². The van der Waals surface area contributed by atoms with E-state index in [0.717, 1.165) is 5.92 Å². The number of hydrogen-bond donors (Lipinski definition) is 0. The van der Waals surface area contributed by atoms with Crippen LogP contribution in [0.2, 0.25) is 0 Å². The Morgan fingerprint density at radius 3 is 2.00 bits per heavy atom. The van der Waals surface area contributed by atoms with Crippen molar-refractivity contribution in [2.75, 3.05) is 7.11 Å². The van der Waals surface area contributed by atoms with Gasteiger partial charge in [-0.05, 0) is 51.0 Å². The molecule has 0 aliphatic heterocycles. The van der Waals surface area contributed by atoms with Crippen molar-refractivity contribution in [1.29, 1.82) is 0 Å². The predicted molar refractivity (Wildman–Crippen MR) is 67.9 cm³/mol. The van der Waals surface area contributed by atoms with Crippen LogP contribution in [-0.2, 0) is 4.74 Å². The molecule has 0 saturated heterocycles. The van der Waals surface area contributed by atoms with Gasteiger partial charge >= 0.3 is 0 Å². The van der Waals surface area contributed by atoms with E-state index < -0.39 is 0 Å². The molecular formula is C15H22O. The van der Waals surface area contributed by atoms with E-state index in [0.29, 0.717) is 6.10 Å². The summed E-state index contributed by atoms with van der Waals surface area (Å²) in [6.07, 6.45) is 5.49. The van der Waals surface area contributed by atoms with Crippen LogP contribution < -0.4 is 0 Å². The monoisotopic (exact) mass is 218 g/mol. The van der Waals surface area contributed by atoms with E-state index >= 15 is 0 Å². The Hall–Kier alpha value is -0.820. The predicted octanol–water partition coefficient (Wildman–Crippen LogP) is 3.98. The average Bonchev–Trinajstić information content (AvgIpc) is 2.28. The molecule has 88 valence electrons. The lowest BCUT2D eigenvalue weighted by Gasteiger charge is -2.28. The number of rotatable bonds is 2. The second kappa shape index (κ2) is 5.01. The van der Waals surface area contributed by atoms with Gasteiger partial charge in [0.25, 0.3) is 0 Å². The molecular weight excluding hydrogens is 196 g/mol. The smallest absolute Gasteiger partial charge is 0.0571 e. The first kappa shape index (κ1) is 11.7. The van der Waals surface area contributed by atoms with Gasteiger partial charge in [-0.1, -0.05) is 29.3 Å². The summed E-state index contributed by atoms with van der Waals surface area (Å²) in [4.78, 5) is 0. The molecule has 1 heteroatoms. The average molecular weight is 218 g/mol. The van der Waals surface area contributed by atoms with Gasteiger partial charge in [-0.2, -0.15) is 0 Å². The van der Waals surface area contributed by atoms with Gasteiger partial charge in [0.05, 0.1) is 6.10 Å². The molecule has 0 amide bonds. The number of ether oxygens (including phenoxy) is 1. The van der Waals surface area contributed by atoms with Crippen molar-refractivity contribution in [3.8, 4) is 0 Å². The van der Waals surface area contributed by atoms with Gasteiger partial charge in [-0.25, -0.2) is 0 Å². The van der Waals surface area contributed by atoms with Crippen molar-refractivity contribution in [1.82, 2.24) is 0 Å². The van der Waals surface area contributed by atoms with Gasteiger partial charge in [-0.3, -0.25) is 0 Å². The fourth-order valence-corrected chi connectivity index (χ4v) is 2.88. The molecule has 1 aromatic carbocycles. The SMILES string of the molecule is COC1CCC(c2cc(C)cc(C)c2)CC1. The topological polar surface area (TPSA) is 9.23 Å². The number of aryl methyl sites for hydroxylation is 2. The van der Waals surface area contributed by atoms with Gasteiger partial charge in [0.2, 0.25) is 0 Å². The largest absolute Gasteiger partial charge is 0.381 e. The maximum Gasteiger partial charge on any atom is 0.0571 e. The van der Waals surface area contributed by atoms with E-state index in [-0.39, 0.29) is 0 Å². The molecule has 0 radical (unpaired) electrons. The molecule has 1 fully saturated rings. The Kier molecular flexibility index (Phi) is 3.65. The van der Waals surface area contributed by atoms with E-state index in [2.05, 4.69) is 32.0 Å². The second-order valence-corrected chi connectivity index (χ2v) is 5.13. The van der Waals surface area contributed by atoms with Crippen LogP contribution in [0.3, 0.4) is 0 Å². The zero-order chi connectivity index (χ0) is 11.5. The summed E-state index contributed by atoms with van der Waals surface area (Å²) in [5, 5.41) is 0. The summed E-state index contributed by atoms with van der Waals surface area (Å²) < 4.78 is 5.42. The number of methoxy groups -OCH3 is 1. The number of hydrogen-bond acceptors (Lipinski definition) is 1. The van der Waals surface area contributed by atoms with Crippen LogP contribution in [-0.4, -0.2) is 13.2 Å². The zero-order valence-corrected chi connectivity index (χ0v) is 10.6. The first-order valence-corrected chi connectivity index (χ1v) is 6.30. The normalized spacial score (nSPS) is 25.7. The molecule has 0 heterocycles. The van der Waals surface area contributed by atoms with Crippen LogP contribution in [0.15, 0.2) is 18.2 Å². The maximum absolute atomic E-state index is 5.42. The first-order chi connectivity index (χ1) is 7.69. The summed E-state index contributed by atoms with van der Waals surface area (Å²) in [7, 11) is 1.84. The van der Waals surface area contributed by atoms with Gasteiger partial charge in [-0.15, -0.1) is 0 Å². The van der Waals surface area contributed by atoms with Crippen LogP contribution in [0.5, 0.6) is 0 Å². The van der Waals surface area contributed by atoms with E-state index in [9.17, 15) is 0 Å². The minimum Gasteiger partial charge on any atom is -0.381 e. The minimum atomic E-state index is 0.502. The molecule has 2 rings (SSSR count). The van der Waals surface area contributed by atoms with Gasteiger partial charge in [0.1, 0.15) is 0 Å². The highest BCUT2D eigenvalue weighted by molar-refractivity contribution is 5.31. The lowest BCUT2D eigenvalue weighted by molar-refractivity contribution is 0.0658. The summed E-state index contributed by atoms with van der Waals surface area (Å²) >= 11 is 0. The molecule has 1 nitrogen and oxygen atoms in total. The third-order valence-corrected chi connectivity index (χ3v) is 3.72. The van der Waals surface area contributed by atoms with E-state index in [1.165, 1.54) is 42.4 Å². The van der Waals surface area contributed by atoms with E-state index in [1.54, 1.807) is 0 Å².